The van der Waals surface area contributed by atoms with Gasteiger partial charge in [-0.2, -0.15) is 0 Å². The Morgan fingerprint density at radius 2 is 2.00 bits per heavy atom. The lowest BCUT2D eigenvalue weighted by Crippen LogP contribution is -2.55. The van der Waals surface area contributed by atoms with E-state index >= 15 is 0 Å². The van der Waals surface area contributed by atoms with Gasteiger partial charge in [0.15, 0.2) is 11.0 Å². The fourth-order valence-corrected chi connectivity index (χ4v) is 4.06. The number of piperidine rings is 1. The van der Waals surface area contributed by atoms with Crippen LogP contribution in [0, 0.1) is 5.41 Å². The zero-order valence-electron chi connectivity index (χ0n) is 15.8. The van der Waals surface area contributed by atoms with Crippen molar-refractivity contribution < 1.29 is 14.3 Å². The van der Waals surface area contributed by atoms with Gasteiger partial charge in [0, 0.05) is 30.9 Å². The molecule has 26 heavy (non-hydrogen) atoms. The molecule has 0 radical (unpaired) electrons. The Morgan fingerprint density at radius 1 is 1.35 bits per heavy atom. The highest BCUT2D eigenvalue weighted by Gasteiger charge is 2.50. The number of anilines is 1. The van der Waals surface area contributed by atoms with Gasteiger partial charge < -0.3 is 19.7 Å². The van der Waals surface area contributed by atoms with E-state index in [0.717, 1.165) is 25.9 Å². The number of ether oxygens (including phenoxy) is 2. The summed E-state index contributed by atoms with van der Waals surface area (Å²) in [6, 6.07) is -0.0724. The summed E-state index contributed by atoms with van der Waals surface area (Å²) in [6.45, 7) is 9.81. The first-order valence-corrected chi connectivity index (χ1v) is 9.41. The van der Waals surface area contributed by atoms with E-state index in [1.165, 1.54) is 0 Å². The highest BCUT2D eigenvalue weighted by molar-refractivity contribution is 6.31. The molecule has 2 fully saturated rings. The van der Waals surface area contributed by atoms with Gasteiger partial charge in [-0.25, -0.2) is 14.8 Å². The molecule has 1 N–H and O–H groups in total. The molecular weight excluding hydrogens is 356 g/mol. The highest BCUT2D eigenvalue weighted by atomic mass is 35.5. The van der Waals surface area contributed by atoms with Crippen LogP contribution in [-0.2, 0) is 9.47 Å². The molecule has 0 saturated carbocycles. The summed E-state index contributed by atoms with van der Waals surface area (Å²) in [5.41, 5.74) is -0.618. The van der Waals surface area contributed by atoms with Crippen LogP contribution in [0.15, 0.2) is 12.4 Å². The zero-order chi connectivity index (χ0) is 18.9. The second-order valence-corrected chi connectivity index (χ2v) is 8.52. The number of alkyl carbamates (subject to hydrolysis) is 1. The zero-order valence-corrected chi connectivity index (χ0v) is 16.5. The lowest BCUT2D eigenvalue weighted by Gasteiger charge is -2.43. The van der Waals surface area contributed by atoms with Crippen molar-refractivity contribution in [2.24, 2.45) is 5.41 Å². The highest BCUT2D eigenvalue weighted by Crippen LogP contribution is 2.43. The van der Waals surface area contributed by atoms with E-state index in [0.29, 0.717) is 17.6 Å². The lowest BCUT2D eigenvalue weighted by molar-refractivity contribution is 0.0434. The molecule has 3 rings (SSSR count). The van der Waals surface area contributed by atoms with Gasteiger partial charge in [-0.1, -0.05) is 11.6 Å². The maximum atomic E-state index is 12.3. The summed E-state index contributed by atoms with van der Waals surface area (Å²) in [4.78, 5) is 22.9. The third-order valence-electron chi connectivity index (χ3n) is 5.13. The fourth-order valence-electron chi connectivity index (χ4n) is 3.83. The van der Waals surface area contributed by atoms with Crippen molar-refractivity contribution >= 4 is 23.5 Å². The summed E-state index contributed by atoms with van der Waals surface area (Å²) in [6.07, 6.45) is 4.56. The van der Waals surface area contributed by atoms with Gasteiger partial charge in [0.05, 0.1) is 18.8 Å². The molecule has 2 saturated heterocycles. The topological polar surface area (TPSA) is 76.6 Å². The monoisotopic (exact) mass is 382 g/mol. The normalized spacial score (nSPS) is 25.3. The Balaban J connectivity index is 1.68. The number of carbonyl (C=O) groups excluding carboxylic acids is 1. The number of hydrogen-bond donors (Lipinski definition) is 1. The van der Waals surface area contributed by atoms with Crippen LogP contribution in [0.4, 0.5) is 10.6 Å². The molecule has 2 atom stereocenters. The van der Waals surface area contributed by atoms with Crippen molar-refractivity contribution in [1.29, 1.82) is 0 Å². The molecular formula is C18H27ClN4O3. The van der Waals surface area contributed by atoms with Gasteiger partial charge in [-0.05, 0) is 40.5 Å². The molecule has 1 amide bonds. The van der Waals surface area contributed by atoms with Crippen molar-refractivity contribution in [3.8, 4) is 0 Å². The predicted molar refractivity (Wildman–Crippen MR) is 99.5 cm³/mol. The first-order valence-electron chi connectivity index (χ1n) is 9.03. The smallest absolute Gasteiger partial charge is 0.407 e. The molecule has 2 aliphatic rings. The fraction of sp³-hybridized carbons (Fsp3) is 0.722. The average molecular weight is 383 g/mol. The third kappa shape index (κ3) is 4.04. The van der Waals surface area contributed by atoms with Gasteiger partial charge >= 0.3 is 6.09 Å². The maximum absolute atomic E-state index is 12.3. The molecule has 0 bridgehead atoms. The van der Waals surface area contributed by atoms with E-state index in [-0.39, 0.29) is 17.6 Å². The molecule has 0 aliphatic carbocycles. The quantitative estimate of drug-likeness (QED) is 0.847. The largest absolute Gasteiger partial charge is 0.444 e. The Labute approximate surface area is 159 Å². The van der Waals surface area contributed by atoms with Crippen LogP contribution in [-0.4, -0.2) is 53.5 Å². The van der Waals surface area contributed by atoms with Crippen LogP contribution in [0.2, 0.25) is 5.15 Å². The van der Waals surface area contributed by atoms with E-state index < -0.39 is 11.7 Å². The van der Waals surface area contributed by atoms with Gasteiger partial charge in [0.1, 0.15) is 5.60 Å². The number of carbonyl (C=O) groups is 1. The maximum Gasteiger partial charge on any atom is 0.407 e. The minimum absolute atomic E-state index is 0.0471. The van der Waals surface area contributed by atoms with Gasteiger partial charge in [-0.3, -0.25) is 0 Å². The molecule has 144 valence electrons. The number of aromatic nitrogens is 2. The van der Waals surface area contributed by atoms with E-state index in [9.17, 15) is 4.79 Å². The van der Waals surface area contributed by atoms with E-state index in [2.05, 4.69) is 20.2 Å². The van der Waals surface area contributed by atoms with E-state index in [1.54, 1.807) is 12.4 Å². The second kappa shape index (κ2) is 7.19. The predicted octanol–water partition coefficient (Wildman–Crippen LogP) is 3.03. The molecule has 1 spiro atoms. The van der Waals surface area contributed by atoms with Crippen LogP contribution in [0.5, 0.6) is 0 Å². The number of rotatable bonds is 2. The Hall–Kier alpha value is -1.60. The Bertz CT molecular complexity index is 656. The standard InChI is InChI=1S/C18H27ClN4O3/c1-12-13(22-16(24)26-17(2,3)4)18(11-25-12)5-9-23(10-6-18)15-14(19)20-7-8-21-15/h7-8,12-13H,5-6,9-11H2,1-4H3,(H,22,24)/t12-,13+/m0/s1. The third-order valence-corrected chi connectivity index (χ3v) is 5.40. The summed E-state index contributed by atoms with van der Waals surface area (Å²) in [7, 11) is 0. The van der Waals surface area contributed by atoms with Gasteiger partial charge in [0.25, 0.3) is 0 Å². The minimum Gasteiger partial charge on any atom is -0.444 e. The second-order valence-electron chi connectivity index (χ2n) is 8.16. The van der Waals surface area contributed by atoms with Crippen molar-refractivity contribution in [1.82, 2.24) is 15.3 Å². The molecule has 0 unspecified atom stereocenters. The van der Waals surface area contributed by atoms with Crippen LogP contribution in [0.1, 0.15) is 40.5 Å². The minimum atomic E-state index is -0.522. The van der Waals surface area contributed by atoms with Crippen molar-refractivity contribution in [3.63, 3.8) is 0 Å². The molecule has 7 nitrogen and oxygen atoms in total. The molecule has 8 heteroatoms. The van der Waals surface area contributed by atoms with Crippen molar-refractivity contribution in [2.45, 2.75) is 58.3 Å². The van der Waals surface area contributed by atoms with Crippen LogP contribution >= 0.6 is 11.6 Å². The average Bonchev–Trinajstić information content (AvgIpc) is 2.84. The summed E-state index contributed by atoms with van der Waals surface area (Å²) in [5.74, 6) is 0.715. The molecule has 0 aromatic carbocycles. The number of amides is 1. The molecule has 3 heterocycles. The van der Waals surface area contributed by atoms with Crippen molar-refractivity contribution in [2.75, 3.05) is 24.6 Å². The molecule has 1 aromatic rings. The summed E-state index contributed by atoms with van der Waals surface area (Å²) >= 11 is 6.18. The van der Waals surface area contributed by atoms with E-state index in [4.69, 9.17) is 21.1 Å². The number of hydrogen-bond acceptors (Lipinski definition) is 6. The first-order chi connectivity index (χ1) is 12.2. The SMILES string of the molecule is C[C@@H]1OCC2(CCN(c3nccnc3Cl)CC2)[C@@H]1NC(=O)OC(C)(C)C. The first kappa shape index (κ1) is 19.2. The molecule has 1 aromatic heterocycles. The number of nitrogens with zero attached hydrogens (tertiary/aromatic N) is 3. The lowest BCUT2D eigenvalue weighted by atomic mass is 9.73. The number of nitrogens with one attached hydrogen (secondary N) is 1. The number of halogens is 1. The summed E-state index contributed by atoms with van der Waals surface area (Å²) in [5, 5.41) is 3.47. The van der Waals surface area contributed by atoms with Crippen LogP contribution in [0.25, 0.3) is 0 Å². The van der Waals surface area contributed by atoms with Gasteiger partial charge in [0.2, 0.25) is 0 Å². The van der Waals surface area contributed by atoms with Crippen LogP contribution < -0.4 is 10.2 Å². The van der Waals surface area contributed by atoms with E-state index in [1.807, 2.05) is 27.7 Å². The Kier molecular flexibility index (Phi) is 5.30. The van der Waals surface area contributed by atoms with Crippen LogP contribution in [0.3, 0.4) is 0 Å². The molecule has 2 aliphatic heterocycles. The Morgan fingerprint density at radius 3 is 2.62 bits per heavy atom. The van der Waals surface area contributed by atoms with Gasteiger partial charge in [-0.15, -0.1) is 0 Å². The summed E-state index contributed by atoms with van der Waals surface area (Å²) < 4.78 is 11.3. The van der Waals surface area contributed by atoms with Crippen molar-refractivity contribution in [3.05, 3.63) is 17.5 Å².